The molecule has 2 N–H and O–H groups in total. The highest BCUT2D eigenvalue weighted by atomic mass is 35.5. The molecule has 2 rings (SSSR count). The van der Waals surface area contributed by atoms with Crippen LogP contribution in [0.4, 0.5) is 5.69 Å². The average molecular weight is 316 g/mol. The number of aryl methyl sites for hydroxylation is 1. The van der Waals surface area contributed by atoms with Crippen LogP contribution in [0.2, 0.25) is 10.0 Å². The lowest BCUT2D eigenvalue weighted by molar-refractivity contribution is 0.671. The third-order valence-electron chi connectivity index (χ3n) is 2.71. The number of hydrogen-bond acceptors (Lipinski definition) is 3. The summed E-state index contributed by atoms with van der Waals surface area (Å²) in [5, 5.41) is 6.46. The van der Waals surface area contributed by atoms with Crippen molar-refractivity contribution in [3.8, 4) is 0 Å². The molecule has 0 saturated heterocycles. The van der Waals surface area contributed by atoms with Crippen molar-refractivity contribution in [2.75, 3.05) is 5.73 Å². The Kier molecular flexibility index (Phi) is 4.33. The topological polar surface area (TPSA) is 43.8 Å². The molecule has 0 radical (unpaired) electrons. The largest absolute Gasteiger partial charge is 0.395 e. The fourth-order valence-corrected chi connectivity index (χ4v) is 3.03. The molecule has 3 nitrogen and oxygen atoms in total. The zero-order chi connectivity index (χ0) is 14.2. The molecule has 0 bridgehead atoms. The van der Waals surface area contributed by atoms with Crippen molar-refractivity contribution < 1.29 is 0 Å². The van der Waals surface area contributed by atoms with Crippen LogP contribution >= 0.6 is 35.0 Å². The van der Waals surface area contributed by atoms with E-state index in [1.807, 2.05) is 19.2 Å². The Hall–Kier alpha value is -0.840. The Bertz CT molecular complexity index is 608. The Labute approximate surface area is 127 Å². The van der Waals surface area contributed by atoms with E-state index in [4.69, 9.17) is 28.9 Å². The minimum Gasteiger partial charge on any atom is -0.395 e. The van der Waals surface area contributed by atoms with Gasteiger partial charge in [0.2, 0.25) is 0 Å². The lowest BCUT2D eigenvalue weighted by Gasteiger charge is -2.05. The molecule has 2 aromatic rings. The minimum absolute atomic E-state index is 0.300. The predicted molar refractivity (Wildman–Crippen MR) is 82.3 cm³/mol. The van der Waals surface area contributed by atoms with Gasteiger partial charge in [-0.1, -0.05) is 48.8 Å². The van der Waals surface area contributed by atoms with Gasteiger partial charge in [0.05, 0.1) is 21.4 Å². The van der Waals surface area contributed by atoms with E-state index in [-0.39, 0.29) is 0 Å². The number of nitrogens with zero attached hydrogens (tertiary/aromatic N) is 2. The molecule has 6 heteroatoms. The van der Waals surface area contributed by atoms with Crippen LogP contribution in [0, 0.1) is 0 Å². The van der Waals surface area contributed by atoms with Crippen LogP contribution in [-0.2, 0) is 7.05 Å². The van der Waals surface area contributed by atoms with Crippen molar-refractivity contribution in [1.29, 1.82) is 0 Å². The molecule has 0 fully saturated rings. The highest BCUT2D eigenvalue weighted by Crippen LogP contribution is 2.37. The standard InChI is InChI=1S/C13H15Cl2N3S/c1-7(2)12-11(16)13(18(3)17-12)19-8-4-5-9(14)10(15)6-8/h4-7H,16H2,1-3H3. The van der Waals surface area contributed by atoms with E-state index in [1.54, 1.807) is 10.7 Å². The highest BCUT2D eigenvalue weighted by Gasteiger charge is 2.17. The number of rotatable bonds is 3. The molecule has 0 aliphatic carbocycles. The molecule has 0 spiro atoms. The summed E-state index contributed by atoms with van der Waals surface area (Å²) in [7, 11) is 1.89. The Morgan fingerprint density at radius 3 is 2.47 bits per heavy atom. The lowest BCUT2D eigenvalue weighted by atomic mass is 10.1. The molecule has 0 saturated carbocycles. The smallest absolute Gasteiger partial charge is 0.122 e. The summed E-state index contributed by atoms with van der Waals surface area (Å²) < 4.78 is 1.80. The molecule has 0 aliphatic rings. The van der Waals surface area contributed by atoms with Crippen LogP contribution < -0.4 is 5.73 Å². The molecule has 102 valence electrons. The maximum absolute atomic E-state index is 6.16. The van der Waals surface area contributed by atoms with Crippen molar-refractivity contribution in [3.63, 3.8) is 0 Å². The van der Waals surface area contributed by atoms with Crippen LogP contribution in [0.3, 0.4) is 0 Å². The monoisotopic (exact) mass is 315 g/mol. The van der Waals surface area contributed by atoms with Gasteiger partial charge in [0.25, 0.3) is 0 Å². The maximum Gasteiger partial charge on any atom is 0.122 e. The molecule has 19 heavy (non-hydrogen) atoms. The van der Waals surface area contributed by atoms with Gasteiger partial charge >= 0.3 is 0 Å². The van der Waals surface area contributed by atoms with E-state index in [0.717, 1.165) is 21.3 Å². The normalized spacial score (nSPS) is 11.3. The van der Waals surface area contributed by atoms with Gasteiger partial charge in [-0.15, -0.1) is 0 Å². The molecule has 1 aromatic carbocycles. The first kappa shape index (κ1) is 14.6. The van der Waals surface area contributed by atoms with E-state index in [9.17, 15) is 0 Å². The number of aromatic nitrogens is 2. The van der Waals surface area contributed by atoms with Gasteiger partial charge in [0.15, 0.2) is 0 Å². The minimum atomic E-state index is 0.300. The summed E-state index contributed by atoms with van der Waals surface area (Å²) in [5.41, 5.74) is 7.81. The molecule has 0 amide bonds. The molecule has 0 unspecified atom stereocenters. The fourth-order valence-electron chi connectivity index (χ4n) is 1.74. The maximum atomic E-state index is 6.16. The molecule has 0 aliphatic heterocycles. The summed E-state index contributed by atoms with van der Waals surface area (Å²) in [5.74, 6) is 0.300. The van der Waals surface area contributed by atoms with Crippen LogP contribution in [0.15, 0.2) is 28.1 Å². The Morgan fingerprint density at radius 2 is 1.95 bits per heavy atom. The second-order valence-electron chi connectivity index (χ2n) is 4.56. The van der Waals surface area contributed by atoms with Crippen molar-refractivity contribution in [3.05, 3.63) is 33.9 Å². The van der Waals surface area contributed by atoms with Gasteiger partial charge in [-0.2, -0.15) is 5.10 Å². The van der Waals surface area contributed by atoms with Crippen molar-refractivity contribution in [1.82, 2.24) is 9.78 Å². The quantitative estimate of drug-likeness (QED) is 0.901. The predicted octanol–water partition coefficient (Wildman–Crippen LogP) is 4.58. The van der Waals surface area contributed by atoms with Gasteiger partial charge in [0, 0.05) is 11.9 Å². The summed E-state index contributed by atoms with van der Waals surface area (Å²) in [4.78, 5) is 0.986. The third kappa shape index (κ3) is 3.02. The Morgan fingerprint density at radius 1 is 1.26 bits per heavy atom. The molecular formula is C13H15Cl2N3S. The number of benzene rings is 1. The average Bonchev–Trinajstić information content (AvgIpc) is 2.62. The SMILES string of the molecule is CC(C)c1nn(C)c(Sc2ccc(Cl)c(Cl)c2)c1N. The van der Waals surface area contributed by atoms with E-state index in [2.05, 4.69) is 18.9 Å². The second kappa shape index (κ2) is 5.65. The molecule has 1 heterocycles. The van der Waals surface area contributed by atoms with E-state index >= 15 is 0 Å². The molecule has 1 aromatic heterocycles. The first-order valence-electron chi connectivity index (χ1n) is 5.85. The highest BCUT2D eigenvalue weighted by molar-refractivity contribution is 7.99. The van der Waals surface area contributed by atoms with Gasteiger partial charge < -0.3 is 5.73 Å². The van der Waals surface area contributed by atoms with Crippen molar-refractivity contribution in [2.45, 2.75) is 29.7 Å². The zero-order valence-corrected chi connectivity index (χ0v) is 13.3. The van der Waals surface area contributed by atoms with Gasteiger partial charge in [-0.05, 0) is 24.1 Å². The second-order valence-corrected chi connectivity index (χ2v) is 6.44. The number of halogens is 2. The van der Waals surface area contributed by atoms with Crippen LogP contribution in [-0.4, -0.2) is 9.78 Å². The van der Waals surface area contributed by atoms with E-state index < -0.39 is 0 Å². The van der Waals surface area contributed by atoms with Crippen LogP contribution in [0.25, 0.3) is 0 Å². The fraction of sp³-hybridized carbons (Fsp3) is 0.308. The summed E-state index contributed by atoms with van der Waals surface area (Å²) in [6.07, 6.45) is 0. The zero-order valence-electron chi connectivity index (χ0n) is 10.9. The first-order valence-corrected chi connectivity index (χ1v) is 7.42. The molecule has 0 atom stereocenters. The van der Waals surface area contributed by atoms with Crippen LogP contribution in [0.5, 0.6) is 0 Å². The van der Waals surface area contributed by atoms with E-state index in [0.29, 0.717) is 16.0 Å². The van der Waals surface area contributed by atoms with Crippen LogP contribution in [0.1, 0.15) is 25.5 Å². The van der Waals surface area contributed by atoms with E-state index in [1.165, 1.54) is 11.8 Å². The number of nitrogens with two attached hydrogens (primary N) is 1. The summed E-state index contributed by atoms with van der Waals surface area (Å²) in [6, 6.07) is 5.53. The van der Waals surface area contributed by atoms with Gasteiger partial charge in [-0.25, -0.2) is 0 Å². The summed E-state index contributed by atoms with van der Waals surface area (Å²) >= 11 is 13.5. The summed E-state index contributed by atoms with van der Waals surface area (Å²) in [6.45, 7) is 4.15. The number of hydrogen-bond donors (Lipinski definition) is 1. The number of anilines is 1. The van der Waals surface area contributed by atoms with Gasteiger partial charge in [0.1, 0.15) is 5.03 Å². The Balaban J connectivity index is 2.35. The molecular weight excluding hydrogens is 301 g/mol. The van der Waals surface area contributed by atoms with Crippen molar-refractivity contribution >= 4 is 40.7 Å². The first-order chi connectivity index (χ1) is 8.90. The lowest BCUT2D eigenvalue weighted by Crippen LogP contribution is -1.94. The van der Waals surface area contributed by atoms with Crippen molar-refractivity contribution in [2.24, 2.45) is 7.05 Å². The van der Waals surface area contributed by atoms with Gasteiger partial charge in [-0.3, -0.25) is 4.68 Å². The number of nitrogen functional groups attached to an aromatic ring is 1. The third-order valence-corrected chi connectivity index (χ3v) is 4.62.